The van der Waals surface area contributed by atoms with Crippen LogP contribution in [-0.2, 0) is 6.54 Å². The van der Waals surface area contributed by atoms with E-state index in [0.717, 1.165) is 22.9 Å². The number of amides is 1. The van der Waals surface area contributed by atoms with Crippen molar-refractivity contribution >= 4 is 23.1 Å². The van der Waals surface area contributed by atoms with Gasteiger partial charge in [0.15, 0.2) is 5.69 Å². The molecule has 2 N–H and O–H groups in total. The van der Waals surface area contributed by atoms with E-state index in [-0.39, 0.29) is 5.91 Å². The number of hydrogen-bond donors (Lipinski definition) is 2. The summed E-state index contributed by atoms with van der Waals surface area (Å²) in [5.41, 5.74) is 0.306. The molecule has 1 amide bonds. The third-order valence-corrected chi connectivity index (χ3v) is 3.44. The minimum Gasteiger partial charge on any atom is -0.369 e. The topological polar surface area (TPSA) is 79.8 Å². The third kappa shape index (κ3) is 3.99. The summed E-state index contributed by atoms with van der Waals surface area (Å²) >= 11 is 1.56. The van der Waals surface area contributed by atoms with Gasteiger partial charge in [-0.25, -0.2) is 4.98 Å². The van der Waals surface area contributed by atoms with Gasteiger partial charge in [-0.3, -0.25) is 4.79 Å². The number of nitrogens with zero attached hydrogens (tertiary/aromatic N) is 3. The van der Waals surface area contributed by atoms with Crippen molar-refractivity contribution in [3.63, 3.8) is 0 Å². The number of carbonyl (C=O) groups excluding carboxylic acids is 1. The van der Waals surface area contributed by atoms with Gasteiger partial charge in [0.2, 0.25) is 0 Å². The lowest BCUT2D eigenvalue weighted by Gasteiger charge is -2.04. The van der Waals surface area contributed by atoms with Crippen LogP contribution in [0.2, 0.25) is 0 Å². The van der Waals surface area contributed by atoms with Gasteiger partial charge in [0.1, 0.15) is 10.8 Å². The van der Waals surface area contributed by atoms with Crippen molar-refractivity contribution in [3.05, 3.63) is 33.9 Å². The zero-order valence-electron chi connectivity index (χ0n) is 11.5. The van der Waals surface area contributed by atoms with E-state index in [0.29, 0.717) is 18.1 Å². The Labute approximate surface area is 121 Å². The molecule has 0 radical (unpaired) electrons. The largest absolute Gasteiger partial charge is 0.369 e. The molecule has 2 aromatic rings. The van der Waals surface area contributed by atoms with Gasteiger partial charge in [0, 0.05) is 17.6 Å². The summed E-state index contributed by atoms with van der Waals surface area (Å²) in [6.07, 6.45) is 2.80. The van der Waals surface area contributed by atoms with Crippen LogP contribution in [0.15, 0.2) is 18.3 Å². The fourth-order valence-corrected chi connectivity index (χ4v) is 2.26. The summed E-state index contributed by atoms with van der Waals surface area (Å²) in [6, 6.07) is 3.42. The lowest BCUT2D eigenvalue weighted by atomic mass is 10.3. The predicted octanol–water partition coefficient (Wildman–Crippen LogP) is 1.99. The molecule has 0 saturated heterocycles. The van der Waals surface area contributed by atoms with Crippen LogP contribution in [0.25, 0.3) is 0 Å². The van der Waals surface area contributed by atoms with Crippen molar-refractivity contribution in [2.45, 2.75) is 26.8 Å². The van der Waals surface area contributed by atoms with E-state index in [9.17, 15) is 4.79 Å². The van der Waals surface area contributed by atoms with E-state index in [1.165, 1.54) is 0 Å². The average molecular weight is 291 g/mol. The second-order valence-electron chi connectivity index (χ2n) is 4.28. The first-order chi connectivity index (χ1) is 9.69. The highest BCUT2D eigenvalue weighted by Crippen LogP contribution is 2.10. The molecule has 0 fully saturated rings. The smallest absolute Gasteiger partial charge is 0.272 e. The summed E-state index contributed by atoms with van der Waals surface area (Å²) in [4.78, 5) is 17.2. The first-order valence-electron chi connectivity index (χ1n) is 6.46. The van der Waals surface area contributed by atoms with E-state index >= 15 is 0 Å². The van der Waals surface area contributed by atoms with Gasteiger partial charge >= 0.3 is 0 Å². The first-order valence-corrected chi connectivity index (χ1v) is 7.28. The van der Waals surface area contributed by atoms with Gasteiger partial charge in [-0.05, 0) is 25.5 Å². The fraction of sp³-hybridized carbons (Fsp3) is 0.385. The van der Waals surface area contributed by atoms with Crippen LogP contribution in [0.4, 0.5) is 5.82 Å². The maximum absolute atomic E-state index is 11.9. The molecule has 7 heteroatoms. The standard InChI is InChI=1S/C13H17N5OS/c1-3-6-14-11-5-4-10(17-18-11)13(19)16-8-12-15-7-9(2)20-12/h4-5,7H,3,6,8H2,1-2H3,(H,14,18)(H,16,19). The van der Waals surface area contributed by atoms with Crippen molar-refractivity contribution < 1.29 is 4.79 Å². The number of aryl methyl sites for hydroxylation is 1. The third-order valence-electron chi connectivity index (χ3n) is 2.52. The summed E-state index contributed by atoms with van der Waals surface area (Å²) < 4.78 is 0. The predicted molar refractivity (Wildman–Crippen MR) is 78.8 cm³/mol. The Kier molecular flexibility index (Phi) is 5.00. The van der Waals surface area contributed by atoms with Crippen molar-refractivity contribution in [1.82, 2.24) is 20.5 Å². The number of hydrogen-bond acceptors (Lipinski definition) is 6. The molecule has 0 unspecified atom stereocenters. The van der Waals surface area contributed by atoms with Gasteiger partial charge in [-0.1, -0.05) is 6.92 Å². The Morgan fingerprint density at radius 1 is 1.35 bits per heavy atom. The Hall–Kier alpha value is -2.02. The first kappa shape index (κ1) is 14.4. The highest BCUT2D eigenvalue weighted by Gasteiger charge is 2.08. The van der Waals surface area contributed by atoms with E-state index < -0.39 is 0 Å². The van der Waals surface area contributed by atoms with Gasteiger partial charge in [-0.2, -0.15) is 0 Å². The number of thiazole rings is 1. The van der Waals surface area contributed by atoms with Crippen LogP contribution in [0.3, 0.4) is 0 Å². The molecule has 0 spiro atoms. The van der Waals surface area contributed by atoms with Gasteiger partial charge in [-0.15, -0.1) is 21.5 Å². The second-order valence-corrected chi connectivity index (χ2v) is 5.60. The molecule has 6 nitrogen and oxygen atoms in total. The molecule has 0 saturated carbocycles. The van der Waals surface area contributed by atoms with Crippen LogP contribution in [0, 0.1) is 6.92 Å². The quantitative estimate of drug-likeness (QED) is 0.851. The lowest BCUT2D eigenvalue weighted by Crippen LogP contribution is -2.24. The van der Waals surface area contributed by atoms with Crippen molar-refractivity contribution in [2.24, 2.45) is 0 Å². The zero-order valence-corrected chi connectivity index (χ0v) is 12.3. The fourth-order valence-electron chi connectivity index (χ4n) is 1.53. The summed E-state index contributed by atoms with van der Waals surface area (Å²) in [6.45, 7) is 5.30. The zero-order chi connectivity index (χ0) is 14.4. The SMILES string of the molecule is CCCNc1ccc(C(=O)NCc2ncc(C)s2)nn1. The lowest BCUT2D eigenvalue weighted by molar-refractivity contribution is 0.0945. The van der Waals surface area contributed by atoms with Crippen LogP contribution < -0.4 is 10.6 Å². The highest BCUT2D eigenvalue weighted by atomic mass is 32.1. The number of carbonyl (C=O) groups is 1. The summed E-state index contributed by atoms with van der Waals surface area (Å²) in [5, 5.41) is 14.6. The Bertz CT molecular complexity index is 566. The molecule has 2 heterocycles. The summed E-state index contributed by atoms with van der Waals surface area (Å²) in [7, 11) is 0. The maximum Gasteiger partial charge on any atom is 0.272 e. The molecule has 0 aliphatic heterocycles. The normalized spacial score (nSPS) is 10.3. The molecule has 0 aliphatic rings. The molecule has 0 aromatic carbocycles. The van der Waals surface area contributed by atoms with Crippen molar-refractivity contribution in [2.75, 3.05) is 11.9 Å². The molecule has 0 atom stereocenters. The van der Waals surface area contributed by atoms with E-state index in [1.807, 2.05) is 6.92 Å². The average Bonchev–Trinajstić information content (AvgIpc) is 2.89. The van der Waals surface area contributed by atoms with Crippen molar-refractivity contribution in [1.29, 1.82) is 0 Å². The molecule has 2 aromatic heterocycles. The molecular formula is C13H17N5OS. The van der Waals surface area contributed by atoms with Crippen molar-refractivity contribution in [3.8, 4) is 0 Å². The Morgan fingerprint density at radius 3 is 2.80 bits per heavy atom. The van der Waals surface area contributed by atoms with Gasteiger partial charge in [0.05, 0.1) is 6.54 Å². The minimum atomic E-state index is -0.243. The Morgan fingerprint density at radius 2 is 2.20 bits per heavy atom. The number of nitrogens with one attached hydrogen (secondary N) is 2. The monoisotopic (exact) mass is 291 g/mol. The molecule has 106 valence electrons. The van der Waals surface area contributed by atoms with E-state index in [4.69, 9.17) is 0 Å². The summed E-state index contributed by atoms with van der Waals surface area (Å²) in [5.74, 6) is 0.436. The number of anilines is 1. The van der Waals surface area contributed by atoms with E-state index in [1.54, 1.807) is 29.7 Å². The molecule has 2 rings (SSSR count). The molecule has 0 aliphatic carbocycles. The van der Waals surface area contributed by atoms with Crippen LogP contribution in [0.1, 0.15) is 33.7 Å². The Balaban J connectivity index is 1.88. The molecule has 20 heavy (non-hydrogen) atoms. The van der Waals surface area contributed by atoms with Gasteiger partial charge in [0.25, 0.3) is 5.91 Å². The second kappa shape index (κ2) is 6.95. The van der Waals surface area contributed by atoms with Crippen LogP contribution in [0.5, 0.6) is 0 Å². The number of aromatic nitrogens is 3. The molecule has 0 bridgehead atoms. The maximum atomic E-state index is 11.9. The molecular weight excluding hydrogens is 274 g/mol. The van der Waals surface area contributed by atoms with E-state index in [2.05, 4.69) is 32.7 Å². The van der Waals surface area contributed by atoms with Crippen LogP contribution in [-0.4, -0.2) is 27.6 Å². The number of rotatable bonds is 6. The highest BCUT2D eigenvalue weighted by molar-refractivity contribution is 7.11. The van der Waals surface area contributed by atoms with Crippen LogP contribution >= 0.6 is 11.3 Å². The van der Waals surface area contributed by atoms with Gasteiger partial charge < -0.3 is 10.6 Å². The minimum absolute atomic E-state index is 0.243.